The first-order valence-corrected chi connectivity index (χ1v) is 5.60. The van der Waals surface area contributed by atoms with Crippen LogP contribution in [-0.4, -0.2) is 18.0 Å². The molecule has 2 rings (SSSR count). The van der Waals surface area contributed by atoms with Gasteiger partial charge in [0, 0.05) is 11.1 Å². The largest absolute Gasteiger partial charge is 0.508 e. The third kappa shape index (κ3) is 2.35. The third-order valence-electron chi connectivity index (χ3n) is 2.81. The van der Waals surface area contributed by atoms with E-state index in [1.807, 2.05) is 0 Å². The second-order valence-corrected chi connectivity index (χ2v) is 4.06. The van der Waals surface area contributed by atoms with Crippen molar-refractivity contribution in [1.29, 1.82) is 0 Å². The highest BCUT2D eigenvalue weighted by atomic mass is 16.5. The molecule has 0 radical (unpaired) electrons. The third-order valence-corrected chi connectivity index (χ3v) is 2.81. The fourth-order valence-corrected chi connectivity index (χ4v) is 1.71. The Morgan fingerprint density at radius 1 is 1.06 bits per heavy atom. The fourth-order valence-electron chi connectivity index (χ4n) is 1.71. The monoisotopic (exact) mass is 242 g/mol. The van der Waals surface area contributed by atoms with Crippen LogP contribution >= 0.6 is 0 Å². The van der Waals surface area contributed by atoms with E-state index in [2.05, 4.69) is 0 Å². The van der Waals surface area contributed by atoms with Crippen molar-refractivity contribution in [2.75, 3.05) is 7.11 Å². The number of ketones is 1. The standard InChI is InChI=1S/C15H14O3/c1-10-9-12(5-8-14(10)16)15(17)11-3-6-13(18-2)7-4-11/h3-9,16H,1-2H3. The lowest BCUT2D eigenvalue weighted by atomic mass is 10.0. The van der Waals surface area contributed by atoms with E-state index in [0.717, 1.165) is 0 Å². The van der Waals surface area contributed by atoms with Crippen LogP contribution in [0.3, 0.4) is 0 Å². The average Bonchev–Trinajstić information content (AvgIpc) is 2.41. The summed E-state index contributed by atoms with van der Waals surface area (Å²) in [6.45, 7) is 1.76. The van der Waals surface area contributed by atoms with Gasteiger partial charge in [-0.05, 0) is 55.0 Å². The van der Waals surface area contributed by atoms with Gasteiger partial charge in [-0.25, -0.2) is 0 Å². The van der Waals surface area contributed by atoms with E-state index in [0.29, 0.717) is 22.4 Å². The van der Waals surface area contributed by atoms with Gasteiger partial charge < -0.3 is 9.84 Å². The predicted molar refractivity (Wildman–Crippen MR) is 69.3 cm³/mol. The summed E-state index contributed by atoms with van der Waals surface area (Å²) in [6.07, 6.45) is 0. The van der Waals surface area contributed by atoms with Crippen LogP contribution in [0.15, 0.2) is 42.5 Å². The lowest BCUT2D eigenvalue weighted by Crippen LogP contribution is -2.01. The van der Waals surface area contributed by atoms with Gasteiger partial charge in [-0.3, -0.25) is 4.79 Å². The van der Waals surface area contributed by atoms with Gasteiger partial charge in [0.15, 0.2) is 5.78 Å². The van der Waals surface area contributed by atoms with Crippen LogP contribution in [-0.2, 0) is 0 Å². The molecule has 3 nitrogen and oxygen atoms in total. The molecule has 0 bridgehead atoms. The molecule has 18 heavy (non-hydrogen) atoms. The number of carbonyl (C=O) groups is 1. The first kappa shape index (κ1) is 12.2. The summed E-state index contributed by atoms with van der Waals surface area (Å²) in [5.74, 6) is 0.843. The van der Waals surface area contributed by atoms with Crippen molar-refractivity contribution < 1.29 is 14.6 Å². The van der Waals surface area contributed by atoms with Gasteiger partial charge in [0.25, 0.3) is 0 Å². The van der Waals surface area contributed by atoms with E-state index in [1.165, 1.54) is 6.07 Å². The minimum absolute atomic E-state index is 0.0687. The van der Waals surface area contributed by atoms with Crippen LogP contribution in [0.25, 0.3) is 0 Å². The molecule has 0 amide bonds. The van der Waals surface area contributed by atoms with Gasteiger partial charge in [0.1, 0.15) is 11.5 Å². The molecule has 0 aliphatic carbocycles. The van der Waals surface area contributed by atoms with E-state index in [9.17, 15) is 9.90 Å². The molecule has 0 unspecified atom stereocenters. The smallest absolute Gasteiger partial charge is 0.193 e. The molecule has 92 valence electrons. The van der Waals surface area contributed by atoms with Crippen molar-refractivity contribution in [3.8, 4) is 11.5 Å². The van der Waals surface area contributed by atoms with Crippen molar-refractivity contribution in [3.63, 3.8) is 0 Å². The minimum Gasteiger partial charge on any atom is -0.508 e. The SMILES string of the molecule is COc1ccc(C(=O)c2ccc(O)c(C)c2)cc1. The zero-order valence-electron chi connectivity index (χ0n) is 10.3. The Bertz CT molecular complexity index is 571. The summed E-state index contributed by atoms with van der Waals surface area (Å²) in [6, 6.07) is 11.8. The number of rotatable bonds is 3. The molecule has 0 aliphatic heterocycles. The van der Waals surface area contributed by atoms with Gasteiger partial charge in [0.05, 0.1) is 7.11 Å². The number of ether oxygens (including phenoxy) is 1. The number of aryl methyl sites for hydroxylation is 1. The highest BCUT2D eigenvalue weighted by molar-refractivity contribution is 6.09. The number of benzene rings is 2. The number of methoxy groups -OCH3 is 1. The number of hydrogen-bond acceptors (Lipinski definition) is 3. The second-order valence-electron chi connectivity index (χ2n) is 4.06. The van der Waals surface area contributed by atoms with E-state index >= 15 is 0 Å². The van der Waals surface area contributed by atoms with Crippen molar-refractivity contribution >= 4 is 5.78 Å². The summed E-state index contributed by atoms with van der Waals surface area (Å²) in [5.41, 5.74) is 1.85. The van der Waals surface area contributed by atoms with Crippen LogP contribution < -0.4 is 4.74 Å². The van der Waals surface area contributed by atoms with Gasteiger partial charge in [0.2, 0.25) is 0 Å². The molecule has 0 saturated carbocycles. The second kappa shape index (κ2) is 4.92. The average molecular weight is 242 g/mol. The number of hydrogen-bond donors (Lipinski definition) is 1. The highest BCUT2D eigenvalue weighted by Crippen LogP contribution is 2.20. The topological polar surface area (TPSA) is 46.5 Å². The van der Waals surface area contributed by atoms with Crippen LogP contribution in [0.5, 0.6) is 11.5 Å². The summed E-state index contributed by atoms with van der Waals surface area (Å²) in [7, 11) is 1.58. The van der Waals surface area contributed by atoms with Gasteiger partial charge >= 0.3 is 0 Å². The number of carbonyl (C=O) groups excluding carboxylic acids is 1. The van der Waals surface area contributed by atoms with Gasteiger partial charge in [-0.1, -0.05) is 0 Å². The maximum atomic E-state index is 12.2. The number of phenols is 1. The van der Waals surface area contributed by atoms with Crippen molar-refractivity contribution in [1.82, 2.24) is 0 Å². The molecule has 3 heteroatoms. The summed E-state index contributed by atoms with van der Waals surface area (Å²) in [5, 5.41) is 9.44. The minimum atomic E-state index is -0.0687. The maximum absolute atomic E-state index is 12.2. The lowest BCUT2D eigenvalue weighted by Gasteiger charge is -2.05. The first-order valence-electron chi connectivity index (χ1n) is 5.60. The Labute approximate surface area is 106 Å². The van der Waals surface area contributed by atoms with E-state index in [-0.39, 0.29) is 11.5 Å². The summed E-state index contributed by atoms with van der Waals surface area (Å²) < 4.78 is 5.05. The van der Waals surface area contributed by atoms with Crippen molar-refractivity contribution in [3.05, 3.63) is 59.2 Å². The Balaban J connectivity index is 2.32. The van der Waals surface area contributed by atoms with E-state index in [4.69, 9.17) is 4.74 Å². The number of phenolic OH excluding ortho intramolecular Hbond substituents is 1. The van der Waals surface area contributed by atoms with E-state index < -0.39 is 0 Å². The van der Waals surface area contributed by atoms with Crippen LogP contribution in [0.4, 0.5) is 0 Å². The first-order chi connectivity index (χ1) is 8.61. The lowest BCUT2D eigenvalue weighted by molar-refractivity contribution is 0.103. The maximum Gasteiger partial charge on any atom is 0.193 e. The van der Waals surface area contributed by atoms with Crippen LogP contribution in [0.1, 0.15) is 21.5 Å². The summed E-state index contributed by atoms with van der Waals surface area (Å²) in [4.78, 5) is 12.2. The fraction of sp³-hybridized carbons (Fsp3) is 0.133. The van der Waals surface area contributed by atoms with Crippen molar-refractivity contribution in [2.45, 2.75) is 6.92 Å². The highest BCUT2D eigenvalue weighted by Gasteiger charge is 2.10. The van der Waals surface area contributed by atoms with Gasteiger partial charge in [-0.15, -0.1) is 0 Å². The molecule has 0 heterocycles. The molecular weight excluding hydrogens is 228 g/mol. The Kier molecular flexibility index (Phi) is 3.33. The Morgan fingerprint density at radius 3 is 2.22 bits per heavy atom. The molecular formula is C15H14O3. The normalized spacial score (nSPS) is 10.1. The molecule has 2 aromatic rings. The van der Waals surface area contributed by atoms with Crippen molar-refractivity contribution in [2.24, 2.45) is 0 Å². The zero-order valence-corrected chi connectivity index (χ0v) is 10.3. The Morgan fingerprint density at radius 2 is 1.67 bits per heavy atom. The van der Waals surface area contributed by atoms with Crippen LogP contribution in [0, 0.1) is 6.92 Å². The number of aromatic hydroxyl groups is 1. The summed E-state index contributed by atoms with van der Waals surface area (Å²) >= 11 is 0. The molecule has 0 saturated heterocycles. The quantitative estimate of drug-likeness (QED) is 0.842. The zero-order chi connectivity index (χ0) is 13.1. The predicted octanol–water partition coefficient (Wildman–Crippen LogP) is 2.94. The molecule has 0 aliphatic rings. The van der Waals surface area contributed by atoms with Crippen LogP contribution in [0.2, 0.25) is 0 Å². The molecule has 0 aromatic heterocycles. The molecule has 2 aromatic carbocycles. The van der Waals surface area contributed by atoms with E-state index in [1.54, 1.807) is 50.4 Å². The molecule has 0 spiro atoms. The van der Waals surface area contributed by atoms with Gasteiger partial charge in [-0.2, -0.15) is 0 Å². The Hall–Kier alpha value is -2.29. The molecule has 0 fully saturated rings. The molecule has 0 atom stereocenters. The molecule has 1 N–H and O–H groups in total.